The Labute approximate surface area is 108 Å². The van der Waals surface area contributed by atoms with Crippen LogP contribution in [0, 0.1) is 0 Å². The molecule has 0 aliphatic carbocycles. The summed E-state index contributed by atoms with van der Waals surface area (Å²) >= 11 is 5.89. The van der Waals surface area contributed by atoms with E-state index >= 15 is 0 Å². The van der Waals surface area contributed by atoms with Crippen LogP contribution in [0.3, 0.4) is 0 Å². The molecule has 0 saturated carbocycles. The van der Waals surface area contributed by atoms with E-state index in [-0.39, 0.29) is 16.3 Å². The van der Waals surface area contributed by atoms with E-state index in [0.29, 0.717) is 11.1 Å². The lowest BCUT2D eigenvalue weighted by molar-refractivity contribution is -0.114. The first-order valence-corrected chi connectivity index (χ1v) is 6.60. The highest BCUT2D eigenvalue weighted by Gasteiger charge is 2.17. The van der Waals surface area contributed by atoms with Gasteiger partial charge in [-0.05, 0) is 17.7 Å². The molecule has 1 aliphatic rings. The Kier molecular flexibility index (Phi) is 3.29. The molecule has 1 aliphatic heterocycles. The van der Waals surface area contributed by atoms with Crippen LogP contribution < -0.4 is 0 Å². The Bertz CT molecular complexity index is 679. The molecule has 2 rings (SSSR count). The third kappa shape index (κ3) is 2.63. The number of amides is 1. The van der Waals surface area contributed by atoms with Crippen molar-refractivity contribution in [3.8, 4) is 0 Å². The van der Waals surface area contributed by atoms with Crippen molar-refractivity contribution >= 4 is 27.6 Å². The van der Waals surface area contributed by atoms with Gasteiger partial charge in [-0.15, -0.1) is 5.11 Å². The third-order valence-electron chi connectivity index (χ3n) is 2.34. The molecule has 1 aromatic carbocycles. The van der Waals surface area contributed by atoms with E-state index in [2.05, 4.69) is 10.2 Å². The van der Waals surface area contributed by atoms with Crippen molar-refractivity contribution in [2.75, 3.05) is 0 Å². The quantitative estimate of drug-likeness (QED) is 0.860. The normalized spacial score (nSPS) is 15.0. The minimum Gasteiger partial charge on any atom is -0.282 e. The maximum absolute atomic E-state index is 11.2. The summed E-state index contributed by atoms with van der Waals surface area (Å²) in [7, 11) is -4.28. The first-order chi connectivity index (χ1) is 8.38. The van der Waals surface area contributed by atoms with E-state index < -0.39 is 16.0 Å². The van der Waals surface area contributed by atoms with Crippen molar-refractivity contribution in [2.45, 2.75) is 11.3 Å². The molecule has 0 radical (unpaired) electrons. The first kappa shape index (κ1) is 12.9. The number of azo groups is 1. The molecule has 1 aromatic rings. The average Bonchev–Trinajstić information content (AvgIpc) is 2.66. The maximum atomic E-state index is 11.2. The maximum Gasteiger partial charge on any atom is 0.294 e. The van der Waals surface area contributed by atoms with Gasteiger partial charge in [-0.3, -0.25) is 9.35 Å². The van der Waals surface area contributed by atoms with Crippen molar-refractivity contribution in [1.82, 2.24) is 0 Å². The average molecular weight is 287 g/mol. The molecule has 0 atom stereocenters. The Balaban J connectivity index is 2.29. The lowest BCUT2D eigenvalue weighted by Crippen LogP contribution is -2.02. The number of halogens is 1. The monoisotopic (exact) mass is 286 g/mol. The fourth-order valence-corrected chi connectivity index (χ4v) is 2.25. The number of benzene rings is 1. The summed E-state index contributed by atoms with van der Waals surface area (Å²) in [6.07, 6.45) is 1.53. The van der Waals surface area contributed by atoms with Gasteiger partial charge >= 0.3 is 0 Å². The third-order valence-corrected chi connectivity index (χ3v) is 3.54. The van der Waals surface area contributed by atoms with Crippen molar-refractivity contribution in [3.05, 3.63) is 40.6 Å². The van der Waals surface area contributed by atoms with Crippen molar-refractivity contribution in [3.63, 3.8) is 0 Å². The van der Waals surface area contributed by atoms with Gasteiger partial charge in [0.1, 0.15) is 0 Å². The van der Waals surface area contributed by atoms with Gasteiger partial charge in [0.15, 0.2) is 0 Å². The van der Waals surface area contributed by atoms with Crippen molar-refractivity contribution < 1.29 is 17.8 Å². The van der Waals surface area contributed by atoms with Crippen molar-refractivity contribution in [1.29, 1.82) is 0 Å². The SMILES string of the molecule is O=C1N=NC=C1Cc1ccc(S(=O)(=O)O)cc1Cl. The molecule has 94 valence electrons. The molecule has 8 heteroatoms. The Morgan fingerprint density at radius 1 is 1.33 bits per heavy atom. The zero-order chi connectivity index (χ0) is 13.3. The Hall–Kier alpha value is -1.57. The van der Waals surface area contributed by atoms with E-state index in [0.717, 1.165) is 6.07 Å². The van der Waals surface area contributed by atoms with Gasteiger partial charge in [0.25, 0.3) is 16.0 Å². The number of hydrogen-bond acceptors (Lipinski definition) is 4. The minimum absolute atomic E-state index is 0.144. The summed E-state index contributed by atoms with van der Waals surface area (Å²) in [5.41, 5.74) is 0.924. The van der Waals surface area contributed by atoms with Crippen LogP contribution in [0.2, 0.25) is 5.02 Å². The topological polar surface area (TPSA) is 96.2 Å². The predicted molar refractivity (Wildman–Crippen MR) is 62.9 cm³/mol. The molecule has 0 fully saturated rings. The highest BCUT2D eigenvalue weighted by Crippen LogP contribution is 2.24. The number of carbonyl (C=O) groups excluding carboxylic acids is 1. The summed E-state index contributed by atoms with van der Waals surface area (Å²) in [6, 6.07) is 3.77. The Morgan fingerprint density at radius 2 is 2.06 bits per heavy atom. The van der Waals surface area contributed by atoms with Crippen LogP contribution in [0.4, 0.5) is 0 Å². The largest absolute Gasteiger partial charge is 0.294 e. The molecule has 0 spiro atoms. The summed E-state index contributed by atoms with van der Waals surface area (Å²) < 4.78 is 30.6. The molecule has 0 saturated heterocycles. The molecule has 6 nitrogen and oxygen atoms in total. The van der Waals surface area contributed by atoms with Gasteiger partial charge in [0.05, 0.1) is 11.1 Å². The second-order valence-electron chi connectivity index (χ2n) is 3.58. The van der Waals surface area contributed by atoms with Gasteiger partial charge in [0, 0.05) is 17.0 Å². The van der Waals surface area contributed by atoms with Crippen LogP contribution in [-0.2, 0) is 21.3 Å². The molecular formula is C10H7ClN2O4S. The molecule has 1 amide bonds. The van der Waals surface area contributed by atoms with Gasteiger partial charge in [-0.25, -0.2) is 0 Å². The lowest BCUT2D eigenvalue weighted by Gasteiger charge is -2.05. The molecule has 0 bridgehead atoms. The van der Waals surface area contributed by atoms with Crippen LogP contribution >= 0.6 is 11.6 Å². The fraction of sp³-hybridized carbons (Fsp3) is 0.100. The Morgan fingerprint density at radius 3 is 2.56 bits per heavy atom. The van der Waals surface area contributed by atoms with Crippen LogP contribution in [0.5, 0.6) is 0 Å². The van der Waals surface area contributed by atoms with Crippen LogP contribution in [0.1, 0.15) is 5.56 Å². The fourth-order valence-electron chi connectivity index (χ4n) is 1.43. The number of nitrogens with zero attached hydrogens (tertiary/aromatic N) is 2. The summed E-state index contributed by atoms with van der Waals surface area (Å²) in [5.74, 6) is -0.440. The van der Waals surface area contributed by atoms with Crippen molar-refractivity contribution in [2.24, 2.45) is 10.2 Å². The van der Waals surface area contributed by atoms with E-state index in [1.807, 2.05) is 0 Å². The molecule has 1 heterocycles. The highest BCUT2D eigenvalue weighted by molar-refractivity contribution is 7.85. The lowest BCUT2D eigenvalue weighted by atomic mass is 10.1. The second-order valence-corrected chi connectivity index (χ2v) is 5.41. The smallest absolute Gasteiger partial charge is 0.282 e. The standard InChI is InChI=1S/C10H7ClN2O4S/c11-9-4-8(18(15,16)17)2-1-6(9)3-7-5-12-13-10(7)14/h1-2,4-5H,3H2,(H,15,16,17). The van der Waals surface area contributed by atoms with E-state index in [9.17, 15) is 13.2 Å². The number of carbonyl (C=O) groups is 1. The molecule has 0 aromatic heterocycles. The van der Waals surface area contributed by atoms with Gasteiger partial charge in [-0.2, -0.15) is 13.5 Å². The van der Waals surface area contributed by atoms with Gasteiger partial charge in [-0.1, -0.05) is 17.7 Å². The number of rotatable bonds is 3. The molecule has 18 heavy (non-hydrogen) atoms. The second kappa shape index (κ2) is 4.60. The van der Waals surface area contributed by atoms with E-state index in [1.165, 1.54) is 18.3 Å². The molecule has 1 N–H and O–H groups in total. The summed E-state index contributed by atoms with van der Waals surface area (Å²) in [6.45, 7) is 0. The minimum atomic E-state index is -4.28. The molecular weight excluding hydrogens is 280 g/mol. The summed E-state index contributed by atoms with van der Waals surface area (Å²) in [4.78, 5) is 10.9. The van der Waals surface area contributed by atoms with E-state index in [4.69, 9.17) is 16.2 Å². The molecule has 0 unspecified atom stereocenters. The number of hydrogen-bond donors (Lipinski definition) is 1. The predicted octanol–water partition coefficient (Wildman–Crippen LogP) is 2.01. The van der Waals surface area contributed by atoms with Gasteiger partial charge < -0.3 is 0 Å². The zero-order valence-corrected chi connectivity index (χ0v) is 10.4. The first-order valence-electron chi connectivity index (χ1n) is 4.78. The summed E-state index contributed by atoms with van der Waals surface area (Å²) in [5, 5.41) is 6.92. The van der Waals surface area contributed by atoms with Crippen LogP contribution in [0.25, 0.3) is 0 Å². The van der Waals surface area contributed by atoms with E-state index in [1.54, 1.807) is 0 Å². The van der Waals surface area contributed by atoms with Crippen LogP contribution in [-0.4, -0.2) is 18.9 Å². The zero-order valence-electron chi connectivity index (χ0n) is 8.87. The van der Waals surface area contributed by atoms with Gasteiger partial charge in [0.2, 0.25) is 0 Å². The highest BCUT2D eigenvalue weighted by atomic mass is 35.5. The van der Waals surface area contributed by atoms with Crippen LogP contribution in [0.15, 0.2) is 45.1 Å².